The van der Waals surface area contributed by atoms with Gasteiger partial charge in [0.25, 0.3) is 0 Å². The third-order valence-electron chi connectivity index (χ3n) is 15.0. The number of carbonyl (C=O) groups excluding carboxylic acids is 1. The summed E-state index contributed by atoms with van der Waals surface area (Å²) in [7, 11) is 1.77. The molecule has 0 aliphatic heterocycles. The van der Waals surface area contributed by atoms with Gasteiger partial charge >= 0.3 is 11.9 Å². The molecule has 0 aromatic carbocycles. The Morgan fingerprint density at radius 2 is 1.60 bits per heavy atom. The molecule has 5 saturated carbocycles. The van der Waals surface area contributed by atoms with Gasteiger partial charge in [-0.25, -0.2) is 0 Å². The maximum absolute atomic E-state index is 13.0. The van der Waals surface area contributed by atoms with Crippen LogP contribution in [-0.2, 0) is 19.1 Å². The molecule has 0 heterocycles. The quantitative estimate of drug-likeness (QED) is 0.162. The molecule has 5 fully saturated rings. The van der Waals surface area contributed by atoms with Crippen molar-refractivity contribution in [2.75, 3.05) is 20.4 Å². The second kappa shape index (κ2) is 11.0. The molecule has 0 bridgehead atoms. The highest BCUT2D eigenvalue weighted by molar-refractivity contribution is 5.81. The molecule has 0 radical (unpaired) electrons. The summed E-state index contributed by atoms with van der Waals surface area (Å²) in [5.41, 5.74) is 0.254. The summed E-state index contributed by atoms with van der Waals surface area (Å²) in [6.45, 7) is 17.6. The van der Waals surface area contributed by atoms with Crippen LogP contribution in [0.3, 0.4) is 0 Å². The fourth-order valence-corrected chi connectivity index (χ4v) is 12.5. The molecule has 6 heteroatoms. The third kappa shape index (κ3) is 4.88. The standard InChI is InChI=1S/C36H61NO5/c1-31(2,30(39)40)22-29(38)42-28-14-16-33(5)26(32(28,3)4)13-17-35(7)27(33)12-11-24-25-10-9-15-36(25,19-18-34(24,35)6)20-21-37-23-41-8/h24-28,37H,9-23H2,1-8H3,(H,39,40)/t24-,25-,26?,27?,28+,33+,34-,35-,36-/m1/s1. The highest BCUT2D eigenvalue weighted by Gasteiger charge is 2.70. The molecule has 6 nitrogen and oxygen atoms in total. The van der Waals surface area contributed by atoms with Gasteiger partial charge in [-0.2, -0.15) is 0 Å². The second-order valence-electron chi connectivity index (χ2n) is 17.4. The molecule has 5 rings (SSSR count). The van der Waals surface area contributed by atoms with Crippen molar-refractivity contribution in [2.24, 2.45) is 56.2 Å². The lowest BCUT2D eigenvalue weighted by Crippen LogP contribution is -2.66. The minimum Gasteiger partial charge on any atom is -0.481 e. The molecular weight excluding hydrogens is 526 g/mol. The zero-order chi connectivity index (χ0) is 30.8. The average molecular weight is 588 g/mol. The van der Waals surface area contributed by atoms with Crippen LogP contribution < -0.4 is 5.32 Å². The highest BCUT2D eigenvalue weighted by Crippen LogP contribution is 2.77. The van der Waals surface area contributed by atoms with Crippen molar-refractivity contribution in [1.29, 1.82) is 0 Å². The first kappa shape index (κ1) is 32.3. The zero-order valence-electron chi connectivity index (χ0n) is 28.1. The Hall–Kier alpha value is -1.14. The largest absolute Gasteiger partial charge is 0.481 e. The van der Waals surface area contributed by atoms with E-state index < -0.39 is 11.4 Å². The van der Waals surface area contributed by atoms with Crippen molar-refractivity contribution in [3.8, 4) is 0 Å². The van der Waals surface area contributed by atoms with Gasteiger partial charge in [-0.15, -0.1) is 0 Å². The molecule has 0 spiro atoms. The molecule has 0 amide bonds. The Balaban J connectivity index is 1.34. The number of fused-ring (bicyclic) bond motifs is 7. The lowest BCUT2D eigenvalue weighted by atomic mass is 9.32. The van der Waals surface area contributed by atoms with Gasteiger partial charge in [0, 0.05) is 12.5 Å². The van der Waals surface area contributed by atoms with Crippen LogP contribution in [0.2, 0.25) is 0 Å². The van der Waals surface area contributed by atoms with E-state index in [2.05, 4.69) is 39.9 Å². The molecule has 0 saturated heterocycles. The molecule has 5 aliphatic rings. The summed E-state index contributed by atoms with van der Waals surface area (Å²) in [6.07, 6.45) is 15.2. The van der Waals surface area contributed by atoms with E-state index in [0.717, 1.165) is 31.2 Å². The fraction of sp³-hybridized carbons (Fsp3) is 0.944. The number of aliphatic carboxylic acids is 1. The summed E-state index contributed by atoms with van der Waals surface area (Å²) in [5, 5.41) is 13.1. The molecule has 0 aromatic heterocycles. The van der Waals surface area contributed by atoms with Gasteiger partial charge in [0.1, 0.15) is 6.10 Å². The number of esters is 1. The SMILES string of the molecule is COCNCC[C@]12CCC[C@@H]1[C@H]1CCC3[C@@]4(C)CC[C@H](OC(=O)CC(C)(C)C(=O)O)C(C)(C)C4CC[C@@]3(C)[C@]1(C)CC2. The van der Waals surface area contributed by atoms with E-state index in [1.807, 2.05) is 0 Å². The normalized spacial score (nSPS) is 44.3. The van der Waals surface area contributed by atoms with E-state index in [9.17, 15) is 14.7 Å². The van der Waals surface area contributed by atoms with E-state index in [4.69, 9.17) is 9.47 Å². The van der Waals surface area contributed by atoms with Crippen molar-refractivity contribution >= 4 is 11.9 Å². The van der Waals surface area contributed by atoms with Crippen molar-refractivity contribution in [2.45, 2.75) is 138 Å². The Labute approximate surface area is 255 Å². The maximum Gasteiger partial charge on any atom is 0.309 e. The third-order valence-corrected chi connectivity index (χ3v) is 15.0. The van der Waals surface area contributed by atoms with Crippen LogP contribution in [0.4, 0.5) is 0 Å². The summed E-state index contributed by atoms with van der Waals surface area (Å²) in [4.78, 5) is 24.6. The highest BCUT2D eigenvalue weighted by atomic mass is 16.5. The number of nitrogens with one attached hydrogen (secondary N) is 1. The van der Waals surface area contributed by atoms with Crippen LogP contribution in [0.1, 0.15) is 132 Å². The molecule has 240 valence electrons. The molecule has 2 N–H and O–H groups in total. The molecule has 0 aromatic rings. The number of rotatable bonds is 9. The summed E-state index contributed by atoms with van der Waals surface area (Å²) >= 11 is 0. The first-order valence-corrected chi connectivity index (χ1v) is 17.2. The number of carbonyl (C=O) groups is 2. The van der Waals surface area contributed by atoms with E-state index in [1.165, 1.54) is 64.2 Å². The number of methoxy groups -OCH3 is 1. The lowest BCUT2D eigenvalue weighted by Gasteiger charge is -2.72. The molecule has 9 atom stereocenters. The van der Waals surface area contributed by atoms with Crippen LogP contribution in [0.15, 0.2) is 0 Å². The van der Waals surface area contributed by atoms with Gasteiger partial charge in [-0.3, -0.25) is 14.9 Å². The number of hydrogen-bond donors (Lipinski definition) is 2. The smallest absolute Gasteiger partial charge is 0.309 e. The Morgan fingerprint density at radius 1 is 0.857 bits per heavy atom. The van der Waals surface area contributed by atoms with E-state index >= 15 is 0 Å². The van der Waals surface area contributed by atoms with E-state index in [0.29, 0.717) is 34.8 Å². The van der Waals surface area contributed by atoms with Crippen LogP contribution in [-0.4, -0.2) is 43.5 Å². The zero-order valence-corrected chi connectivity index (χ0v) is 28.1. The summed E-state index contributed by atoms with van der Waals surface area (Å²) in [6, 6.07) is 0. The molecular formula is C36H61NO5. The minimum absolute atomic E-state index is 0.0810. The molecule has 2 unspecified atom stereocenters. The maximum atomic E-state index is 13.0. The molecule has 5 aliphatic carbocycles. The topological polar surface area (TPSA) is 84.9 Å². The first-order valence-electron chi connectivity index (χ1n) is 17.2. The fourth-order valence-electron chi connectivity index (χ4n) is 12.5. The monoisotopic (exact) mass is 587 g/mol. The Morgan fingerprint density at radius 3 is 2.29 bits per heavy atom. The van der Waals surface area contributed by atoms with Gasteiger partial charge in [0.05, 0.1) is 18.6 Å². The Bertz CT molecular complexity index is 1040. The van der Waals surface area contributed by atoms with Crippen molar-refractivity contribution in [1.82, 2.24) is 5.32 Å². The van der Waals surface area contributed by atoms with Gasteiger partial charge in [0.15, 0.2) is 0 Å². The molecule has 42 heavy (non-hydrogen) atoms. The van der Waals surface area contributed by atoms with Crippen LogP contribution >= 0.6 is 0 Å². The van der Waals surface area contributed by atoms with Crippen LogP contribution in [0.5, 0.6) is 0 Å². The Kier molecular flexibility index (Phi) is 8.47. The van der Waals surface area contributed by atoms with Crippen LogP contribution in [0, 0.1) is 56.2 Å². The number of hydrogen-bond acceptors (Lipinski definition) is 5. The van der Waals surface area contributed by atoms with Gasteiger partial charge in [-0.1, -0.05) is 41.0 Å². The summed E-state index contributed by atoms with van der Waals surface area (Å²) in [5.74, 6) is 1.58. The predicted molar refractivity (Wildman–Crippen MR) is 166 cm³/mol. The second-order valence-corrected chi connectivity index (χ2v) is 17.4. The number of carboxylic acid groups (broad SMARTS) is 1. The van der Waals surface area contributed by atoms with Crippen molar-refractivity contribution < 1.29 is 24.2 Å². The van der Waals surface area contributed by atoms with E-state index in [1.54, 1.807) is 21.0 Å². The number of ether oxygens (including phenoxy) is 2. The first-order chi connectivity index (χ1) is 19.6. The van der Waals surface area contributed by atoms with Gasteiger partial charge in [0.2, 0.25) is 0 Å². The minimum atomic E-state index is -1.11. The van der Waals surface area contributed by atoms with Crippen LogP contribution in [0.25, 0.3) is 0 Å². The van der Waals surface area contributed by atoms with Crippen molar-refractivity contribution in [3.05, 3.63) is 0 Å². The predicted octanol–water partition coefficient (Wildman–Crippen LogP) is 7.84. The number of carboxylic acids is 1. The van der Waals surface area contributed by atoms with E-state index in [-0.39, 0.29) is 29.3 Å². The van der Waals surface area contributed by atoms with Gasteiger partial charge < -0.3 is 14.6 Å². The summed E-state index contributed by atoms with van der Waals surface area (Å²) < 4.78 is 11.4. The lowest BCUT2D eigenvalue weighted by molar-refractivity contribution is -0.248. The average Bonchev–Trinajstić information content (AvgIpc) is 3.32. The van der Waals surface area contributed by atoms with Gasteiger partial charge in [-0.05, 0) is 136 Å². The van der Waals surface area contributed by atoms with Crippen molar-refractivity contribution in [3.63, 3.8) is 0 Å².